The monoisotopic (exact) mass is 310 g/mol. The molecule has 0 saturated carbocycles. The highest BCUT2D eigenvalue weighted by Gasteiger charge is 2.11. The minimum atomic E-state index is 0.766. The maximum absolute atomic E-state index is 5.39. The van der Waals surface area contributed by atoms with E-state index in [1.165, 1.54) is 5.69 Å². The van der Waals surface area contributed by atoms with Crippen LogP contribution in [-0.4, -0.2) is 46.1 Å². The molecule has 1 aliphatic heterocycles. The zero-order valence-electron chi connectivity index (χ0n) is 12.9. The van der Waals surface area contributed by atoms with Crippen LogP contribution < -0.4 is 10.2 Å². The zero-order chi connectivity index (χ0) is 15.6. The van der Waals surface area contributed by atoms with Crippen molar-refractivity contribution in [3.8, 4) is 0 Å². The van der Waals surface area contributed by atoms with Crippen LogP contribution in [0.1, 0.15) is 0 Å². The molecule has 2 aromatic heterocycles. The number of morpholine rings is 1. The molecule has 4 rings (SSSR count). The molecule has 1 fully saturated rings. The number of aromatic nitrogens is 4. The van der Waals surface area contributed by atoms with Crippen molar-refractivity contribution in [2.24, 2.45) is 7.05 Å². The van der Waals surface area contributed by atoms with Gasteiger partial charge in [0.15, 0.2) is 5.65 Å². The predicted octanol–water partition coefficient (Wildman–Crippen LogP) is 1.94. The summed E-state index contributed by atoms with van der Waals surface area (Å²) in [6.45, 7) is 3.46. The quantitative estimate of drug-likeness (QED) is 0.797. The SMILES string of the molecule is Cn1ncc2c(Nc3ccc(N4CCOCC4)cc3)ncnc21. The molecule has 7 heteroatoms. The Balaban J connectivity index is 1.56. The number of fused-ring (bicyclic) bond motifs is 1. The number of nitrogens with one attached hydrogen (secondary N) is 1. The van der Waals surface area contributed by atoms with Crippen LogP contribution in [0.25, 0.3) is 11.0 Å². The molecule has 0 amide bonds. The first-order valence-electron chi connectivity index (χ1n) is 7.64. The van der Waals surface area contributed by atoms with Crippen LogP contribution in [0.5, 0.6) is 0 Å². The average Bonchev–Trinajstić information content (AvgIpc) is 2.99. The van der Waals surface area contributed by atoms with Gasteiger partial charge in [0, 0.05) is 31.5 Å². The summed E-state index contributed by atoms with van der Waals surface area (Å²) < 4.78 is 7.13. The van der Waals surface area contributed by atoms with Gasteiger partial charge in [-0.15, -0.1) is 0 Å². The smallest absolute Gasteiger partial charge is 0.163 e. The van der Waals surface area contributed by atoms with E-state index in [0.717, 1.165) is 48.8 Å². The molecule has 3 aromatic rings. The minimum Gasteiger partial charge on any atom is -0.378 e. The molecule has 23 heavy (non-hydrogen) atoms. The highest BCUT2D eigenvalue weighted by Crippen LogP contribution is 2.24. The molecule has 0 spiro atoms. The molecule has 7 nitrogen and oxygen atoms in total. The highest BCUT2D eigenvalue weighted by molar-refractivity contribution is 5.88. The number of nitrogens with zero attached hydrogens (tertiary/aromatic N) is 5. The maximum Gasteiger partial charge on any atom is 0.163 e. The summed E-state index contributed by atoms with van der Waals surface area (Å²) in [5.41, 5.74) is 3.02. The van der Waals surface area contributed by atoms with Crippen LogP contribution in [0, 0.1) is 0 Å². The van der Waals surface area contributed by atoms with Crippen molar-refractivity contribution in [3.63, 3.8) is 0 Å². The standard InChI is InChI=1S/C16H18N6O/c1-21-16-14(10-19-21)15(17-11-18-16)20-12-2-4-13(5-3-12)22-6-8-23-9-7-22/h2-5,10-11H,6-9H2,1H3,(H,17,18,20). The van der Waals surface area contributed by atoms with Gasteiger partial charge in [-0.2, -0.15) is 5.10 Å². The molecule has 0 bridgehead atoms. The summed E-state index contributed by atoms with van der Waals surface area (Å²) in [4.78, 5) is 10.9. The van der Waals surface area contributed by atoms with Crippen molar-refractivity contribution in [3.05, 3.63) is 36.8 Å². The Morgan fingerprint density at radius 1 is 1.09 bits per heavy atom. The van der Waals surface area contributed by atoms with E-state index in [1.54, 1.807) is 17.2 Å². The van der Waals surface area contributed by atoms with Crippen LogP contribution in [-0.2, 0) is 11.8 Å². The van der Waals surface area contributed by atoms with Crippen molar-refractivity contribution in [2.75, 3.05) is 36.5 Å². The van der Waals surface area contributed by atoms with Crippen LogP contribution in [0.3, 0.4) is 0 Å². The second-order valence-electron chi connectivity index (χ2n) is 5.50. The molecule has 1 aromatic carbocycles. The lowest BCUT2D eigenvalue weighted by molar-refractivity contribution is 0.122. The lowest BCUT2D eigenvalue weighted by atomic mass is 10.2. The first-order chi connectivity index (χ1) is 11.3. The first kappa shape index (κ1) is 14.0. The van der Waals surface area contributed by atoms with Crippen LogP contribution in [0.2, 0.25) is 0 Å². The average molecular weight is 310 g/mol. The Bertz CT molecular complexity index is 807. The number of hydrogen-bond donors (Lipinski definition) is 1. The van der Waals surface area contributed by atoms with E-state index in [-0.39, 0.29) is 0 Å². The third kappa shape index (κ3) is 2.70. The van der Waals surface area contributed by atoms with Gasteiger partial charge in [0.1, 0.15) is 12.1 Å². The lowest BCUT2D eigenvalue weighted by Crippen LogP contribution is -2.36. The largest absolute Gasteiger partial charge is 0.378 e. The minimum absolute atomic E-state index is 0.766. The molecule has 3 heterocycles. The third-order valence-corrected chi connectivity index (χ3v) is 4.04. The number of ether oxygens (including phenoxy) is 1. The molecule has 0 radical (unpaired) electrons. The van der Waals surface area contributed by atoms with E-state index >= 15 is 0 Å². The van der Waals surface area contributed by atoms with E-state index in [9.17, 15) is 0 Å². The second-order valence-corrected chi connectivity index (χ2v) is 5.50. The summed E-state index contributed by atoms with van der Waals surface area (Å²) >= 11 is 0. The molecule has 0 unspecified atom stereocenters. The van der Waals surface area contributed by atoms with Crippen molar-refractivity contribution in [2.45, 2.75) is 0 Å². The van der Waals surface area contributed by atoms with Crippen molar-refractivity contribution < 1.29 is 4.74 Å². The predicted molar refractivity (Wildman–Crippen MR) is 89.1 cm³/mol. The van der Waals surface area contributed by atoms with E-state index in [1.807, 2.05) is 7.05 Å². The van der Waals surface area contributed by atoms with E-state index in [4.69, 9.17) is 4.74 Å². The van der Waals surface area contributed by atoms with Crippen LogP contribution in [0.4, 0.5) is 17.2 Å². The van der Waals surface area contributed by atoms with Crippen LogP contribution >= 0.6 is 0 Å². The van der Waals surface area contributed by atoms with Crippen molar-refractivity contribution >= 4 is 28.2 Å². The Hall–Kier alpha value is -2.67. The number of anilines is 3. The van der Waals surface area contributed by atoms with Gasteiger partial charge in [-0.05, 0) is 24.3 Å². The van der Waals surface area contributed by atoms with Gasteiger partial charge in [0.2, 0.25) is 0 Å². The van der Waals surface area contributed by atoms with Gasteiger partial charge in [0.05, 0.1) is 24.8 Å². The topological polar surface area (TPSA) is 68.1 Å². The molecule has 1 saturated heterocycles. The fraction of sp³-hybridized carbons (Fsp3) is 0.312. The molecular weight excluding hydrogens is 292 g/mol. The summed E-state index contributed by atoms with van der Waals surface area (Å²) in [5, 5.41) is 8.48. The fourth-order valence-corrected chi connectivity index (χ4v) is 2.78. The molecule has 1 N–H and O–H groups in total. The van der Waals surface area contributed by atoms with Gasteiger partial charge in [-0.1, -0.05) is 0 Å². The van der Waals surface area contributed by atoms with Gasteiger partial charge >= 0.3 is 0 Å². The van der Waals surface area contributed by atoms with E-state index in [2.05, 4.69) is 49.5 Å². The first-order valence-corrected chi connectivity index (χ1v) is 7.64. The van der Waals surface area contributed by atoms with Gasteiger partial charge in [0.25, 0.3) is 0 Å². The number of benzene rings is 1. The Morgan fingerprint density at radius 2 is 1.87 bits per heavy atom. The molecular formula is C16H18N6O. The lowest BCUT2D eigenvalue weighted by Gasteiger charge is -2.28. The van der Waals surface area contributed by atoms with Crippen LogP contribution in [0.15, 0.2) is 36.8 Å². The van der Waals surface area contributed by atoms with E-state index in [0.29, 0.717) is 0 Å². The number of aryl methyl sites for hydroxylation is 1. The third-order valence-electron chi connectivity index (χ3n) is 4.04. The number of rotatable bonds is 3. The molecule has 118 valence electrons. The van der Waals surface area contributed by atoms with Gasteiger partial charge in [-0.3, -0.25) is 4.68 Å². The summed E-state index contributed by atoms with van der Waals surface area (Å²) in [6, 6.07) is 8.37. The highest BCUT2D eigenvalue weighted by atomic mass is 16.5. The summed E-state index contributed by atoms with van der Waals surface area (Å²) in [6.07, 6.45) is 3.33. The van der Waals surface area contributed by atoms with Gasteiger partial charge in [-0.25, -0.2) is 9.97 Å². The van der Waals surface area contributed by atoms with Crippen molar-refractivity contribution in [1.82, 2.24) is 19.7 Å². The normalized spacial score (nSPS) is 15.1. The fourth-order valence-electron chi connectivity index (χ4n) is 2.78. The summed E-state index contributed by atoms with van der Waals surface area (Å²) in [7, 11) is 1.87. The zero-order valence-corrected chi connectivity index (χ0v) is 12.9. The Kier molecular flexibility index (Phi) is 3.55. The van der Waals surface area contributed by atoms with Gasteiger partial charge < -0.3 is 15.0 Å². The maximum atomic E-state index is 5.39. The molecule has 0 aliphatic carbocycles. The Morgan fingerprint density at radius 3 is 2.65 bits per heavy atom. The molecule has 1 aliphatic rings. The number of hydrogen-bond acceptors (Lipinski definition) is 6. The van der Waals surface area contributed by atoms with Crippen molar-refractivity contribution in [1.29, 1.82) is 0 Å². The molecule has 0 atom stereocenters. The Labute approximate surface area is 133 Å². The second kappa shape index (κ2) is 5.85. The van der Waals surface area contributed by atoms with E-state index < -0.39 is 0 Å². The summed E-state index contributed by atoms with van der Waals surface area (Å²) in [5.74, 6) is 0.766.